The second-order valence-electron chi connectivity index (χ2n) is 7.85. The van der Waals surface area contributed by atoms with E-state index in [1.807, 2.05) is 29.1 Å². The van der Waals surface area contributed by atoms with Crippen molar-refractivity contribution in [3.05, 3.63) is 24.0 Å². The molecule has 150 valence electrons. The van der Waals surface area contributed by atoms with E-state index in [1.54, 1.807) is 7.05 Å². The maximum Gasteiger partial charge on any atom is 0.402 e. The number of hydrogen-bond acceptors (Lipinski definition) is 4. The number of carbonyl (C=O) groups excluding carboxylic acids is 2. The lowest BCUT2D eigenvalue weighted by molar-refractivity contribution is -0.679. The van der Waals surface area contributed by atoms with Gasteiger partial charge < -0.3 is 4.90 Å². The predicted molar refractivity (Wildman–Crippen MR) is 106 cm³/mol. The normalized spacial score (nSPS) is 22.4. The molecule has 0 bridgehead atoms. The van der Waals surface area contributed by atoms with Gasteiger partial charge in [0.25, 0.3) is 5.91 Å². The third kappa shape index (κ3) is 2.78. The van der Waals surface area contributed by atoms with Crippen LogP contribution in [0.3, 0.4) is 0 Å². The van der Waals surface area contributed by atoms with Gasteiger partial charge in [0, 0.05) is 20.1 Å². The molecule has 4 heterocycles. The zero-order valence-electron chi connectivity index (χ0n) is 17.0. The number of carbonyl (C=O) groups is 2. The van der Waals surface area contributed by atoms with E-state index in [0.717, 1.165) is 31.0 Å². The maximum atomic E-state index is 13.4. The Labute approximate surface area is 165 Å². The molecule has 8 heteroatoms. The van der Waals surface area contributed by atoms with Gasteiger partial charge in [0.1, 0.15) is 11.4 Å². The monoisotopic (exact) mass is 385 g/mol. The topological polar surface area (TPSA) is 65.0 Å². The predicted octanol–water partition coefficient (Wildman–Crippen LogP) is 1.54. The van der Waals surface area contributed by atoms with Crippen LogP contribution in [0.25, 0.3) is 0 Å². The van der Waals surface area contributed by atoms with Gasteiger partial charge in [-0.3, -0.25) is 14.6 Å². The molecule has 4 rings (SSSR count). The minimum Gasteiger partial charge on any atom is -0.302 e. The van der Waals surface area contributed by atoms with Crippen molar-refractivity contribution in [2.45, 2.75) is 45.7 Å². The lowest BCUT2D eigenvalue weighted by atomic mass is 10.1. The average Bonchev–Trinajstić information content (AvgIpc) is 3.19. The Balaban J connectivity index is 1.63. The van der Waals surface area contributed by atoms with Crippen molar-refractivity contribution >= 4 is 23.7 Å². The van der Waals surface area contributed by atoms with Crippen LogP contribution in [0.5, 0.6) is 0 Å². The summed E-state index contributed by atoms with van der Waals surface area (Å²) in [5.74, 6) is 1.04. The van der Waals surface area contributed by atoms with Crippen LogP contribution in [-0.2, 0) is 11.3 Å². The number of aromatic nitrogens is 2. The van der Waals surface area contributed by atoms with E-state index in [2.05, 4.69) is 16.5 Å². The fraction of sp³-hybridized carbons (Fsp3) is 0.600. The summed E-state index contributed by atoms with van der Waals surface area (Å²) in [5, 5.41) is 0. The summed E-state index contributed by atoms with van der Waals surface area (Å²) >= 11 is 0. The fourth-order valence-corrected chi connectivity index (χ4v) is 4.48. The molecular formula is C20H29N6O2+. The molecule has 1 unspecified atom stereocenters. The highest BCUT2D eigenvalue weighted by molar-refractivity contribution is 6.20. The molecule has 2 saturated heterocycles. The van der Waals surface area contributed by atoms with Gasteiger partial charge in [-0.25, -0.2) is 13.9 Å². The van der Waals surface area contributed by atoms with Crippen molar-refractivity contribution in [3.8, 4) is 0 Å². The third-order valence-corrected chi connectivity index (χ3v) is 6.23. The second-order valence-corrected chi connectivity index (χ2v) is 7.85. The molecule has 3 aliphatic heterocycles. The van der Waals surface area contributed by atoms with Crippen LogP contribution < -0.4 is 4.57 Å². The SMILES string of the molecule is C=CC[n+]1c(C)c(C)n2c1N=C1C2C(=O)N(CCN2CCCCC2)C(=O)N1C. The number of likely N-dealkylation sites (tertiary alicyclic amines) is 1. The minimum atomic E-state index is -0.566. The molecule has 1 atom stereocenters. The molecule has 0 aliphatic carbocycles. The molecule has 0 saturated carbocycles. The average molecular weight is 385 g/mol. The van der Waals surface area contributed by atoms with Gasteiger partial charge in [0.05, 0.1) is 6.54 Å². The number of hydrogen-bond donors (Lipinski definition) is 0. The number of rotatable bonds is 5. The Morgan fingerprint density at radius 2 is 1.89 bits per heavy atom. The van der Waals surface area contributed by atoms with Crippen LogP contribution in [0.1, 0.15) is 36.7 Å². The third-order valence-electron chi connectivity index (χ3n) is 6.23. The lowest BCUT2D eigenvalue weighted by Crippen LogP contribution is -2.59. The number of amidine groups is 1. The van der Waals surface area contributed by atoms with Gasteiger partial charge in [-0.1, -0.05) is 24.1 Å². The number of nitrogens with zero attached hydrogens (tertiary/aromatic N) is 6. The summed E-state index contributed by atoms with van der Waals surface area (Å²) in [6.45, 7) is 11.7. The van der Waals surface area contributed by atoms with Gasteiger partial charge in [-0.05, 0) is 39.8 Å². The molecule has 1 aromatic heterocycles. The molecule has 28 heavy (non-hydrogen) atoms. The van der Waals surface area contributed by atoms with Crippen molar-refractivity contribution in [2.75, 3.05) is 33.2 Å². The van der Waals surface area contributed by atoms with Crippen molar-refractivity contribution in [1.29, 1.82) is 0 Å². The van der Waals surface area contributed by atoms with E-state index >= 15 is 0 Å². The Bertz CT molecular complexity index is 865. The minimum absolute atomic E-state index is 0.179. The number of fused-ring (bicyclic) bond motifs is 3. The number of imide groups is 1. The molecule has 1 aromatic rings. The first-order valence-electron chi connectivity index (χ1n) is 10.1. The van der Waals surface area contributed by atoms with Crippen molar-refractivity contribution in [1.82, 2.24) is 19.3 Å². The number of aliphatic imine (C=N–C) groups is 1. The van der Waals surface area contributed by atoms with Crippen LogP contribution in [-0.4, -0.2) is 70.3 Å². The maximum absolute atomic E-state index is 13.4. The van der Waals surface area contributed by atoms with Crippen LogP contribution in [0.2, 0.25) is 0 Å². The van der Waals surface area contributed by atoms with E-state index in [-0.39, 0.29) is 11.9 Å². The largest absolute Gasteiger partial charge is 0.402 e. The fourth-order valence-electron chi connectivity index (χ4n) is 4.48. The van der Waals surface area contributed by atoms with Gasteiger partial charge >= 0.3 is 12.0 Å². The highest BCUT2D eigenvalue weighted by Gasteiger charge is 2.53. The quantitative estimate of drug-likeness (QED) is 0.571. The first-order chi connectivity index (χ1) is 13.5. The number of piperidine rings is 1. The molecule has 0 spiro atoms. The van der Waals surface area contributed by atoms with Crippen molar-refractivity contribution in [3.63, 3.8) is 0 Å². The molecule has 0 radical (unpaired) electrons. The Hall–Kier alpha value is -2.48. The second kappa shape index (κ2) is 7.16. The standard InChI is InChI=1S/C20H29N6O2/c1-5-9-24-14(2)15(3)26-16-17(21-19(24)26)22(4)20(28)25(18(16)27)13-12-23-10-7-6-8-11-23/h5,16H,1,6-13H2,2-4H3/q+1. The van der Waals surface area contributed by atoms with E-state index in [9.17, 15) is 9.59 Å². The number of imidazole rings is 1. The summed E-state index contributed by atoms with van der Waals surface area (Å²) in [5.41, 5.74) is 2.05. The molecule has 0 aromatic carbocycles. The lowest BCUT2D eigenvalue weighted by Gasteiger charge is -2.35. The smallest absolute Gasteiger partial charge is 0.302 e. The number of likely N-dealkylation sites (N-methyl/N-ethyl adjacent to an activating group) is 1. The first kappa shape index (κ1) is 18.9. The molecule has 2 fully saturated rings. The van der Waals surface area contributed by atoms with Crippen molar-refractivity contribution < 1.29 is 14.2 Å². The Morgan fingerprint density at radius 3 is 2.57 bits per heavy atom. The molecule has 3 aliphatic rings. The summed E-state index contributed by atoms with van der Waals surface area (Å²) in [7, 11) is 1.71. The first-order valence-corrected chi connectivity index (χ1v) is 10.1. The van der Waals surface area contributed by atoms with Crippen LogP contribution >= 0.6 is 0 Å². The summed E-state index contributed by atoms with van der Waals surface area (Å²) < 4.78 is 4.00. The molecule has 3 amide bonds. The number of allylic oxidation sites excluding steroid dienone is 1. The van der Waals surface area contributed by atoms with E-state index in [0.29, 0.717) is 24.9 Å². The van der Waals surface area contributed by atoms with Crippen LogP contribution in [0.4, 0.5) is 10.7 Å². The van der Waals surface area contributed by atoms with E-state index in [4.69, 9.17) is 0 Å². The van der Waals surface area contributed by atoms with E-state index < -0.39 is 6.04 Å². The van der Waals surface area contributed by atoms with Gasteiger partial charge in [0.2, 0.25) is 11.9 Å². The molecule has 8 nitrogen and oxygen atoms in total. The number of amides is 3. The summed E-state index contributed by atoms with van der Waals surface area (Å²) in [4.78, 5) is 36.2. The highest BCUT2D eigenvalue weighted by atomic mass is 16.2. The highest BCUT2D eigenvalue weighted by Crippen LogP contribution is 2.35. The zero-order valence-corrected chi connectivity index (χ0v) is 17.0. The molecular weight excluding hydrogens is 356 g/mol. The van der Waals surface area contributed by atoms with E-state index in [1.165, 1.54) is 29.1 Å². The summed E-state index contributed by atoms with van der Waals surface area (Å²) in [6.07, 6.45) is 5.46. The molecule has 0 N–H and O–H groups in total. The van der Waals surface area contributed by atoms with Gasteiger partial charge in [0.15, 0.2) is 0 Å². The number of urea groups is 1. The Kier molecular flexibility index (Phi) is 4.82. The van der Waals surface area contributed by atoms with Crippen LogP contribution in [0, 0.1) is 13.8 Å². The van der Waals surface area contributed by atoms with Crippen molar-refractivity contribution in [2.24, 2.45) is 4.99 Å². The summed E-state index contributed by atoms with van der Waals surface area (Å²) in [6, 6.07) is -0.851. The zero-order chi connectivity index (χ0) is 20.0. The Morgan fingerprint density at radius 1 is 1.18 bits per heavy atom. The van der Waals surface area contributed by atoms with Gasteiger partial charge in [-0.2, -0.15) is 0 Å². The van der Waals surface area contributed by atoms with Crippen LogP contribution in [0.15, 0.2) is 17.6 Å². The van der Waals surface area contributed by atoms with Gasteiger partial charge in [-0.15, -0.1) is 0 Å².